The van der Waals surface area contributed by atoms with Crippen LogP contribution in [0.5, 0.6) is 0 Å². The number of ether oxygens (including phenoxy) is 1. The third-order valence-electron chi connectivity index (χ3n) is 5.52. The number of nitrogens with zero attached hydrogens (tertiary/aromatic N) is 3. The molecule has 2 aromatic rings. The zero-order valence-electron chi connectivity index (χ0n) is 16.1. The standard InChI is InChI=1S/C20H26N4O2/c1-19(2,18(25)26-5)20(3,4)24-16-13-9-8-11-14(13)22-17(23-16)15-10-6-7-12-21-15/h6-7,10,12H,8-9,11H2,1-5H3,(H,22,23,24). The summed E-state index contributed by atoms with van der Waals surface area (Å²) in [5, 5.41) is 3.50. The normalized spacial score (nSPS) is 14.0. The Kier molecular flexibility index (Phi) is 4.69. The van der Waals surface area contributed by atoms with E-state index in [-0.39, 0.29) is 5.97 Å². The third-order valence-corrected chi connectivity index (χ3v) is 5.52. The molecule has 0 radical (unpaired) electrons. The second-order valence-electron chi connectivity index (χ2n) is 7.76. The van der Waals surface area contributed by atoms with Crippen LogP contribution in [0.15, 0.2) is 24.4 Å². The molecule has 0 spiro atoms. The molecule has 6 heteroatoms. The second-order valence-corrected chi connectivity index (χ2v) is 7.76. The van der Waals surface area contributed by atoms with Gasteiger partial charge in [-0.3, -0.25) is 9.78 Å². The number of hydrogen-bond acceptors (Lipinski definition) is 6. The average Bonchev–Trinajstić information content (AvgIpc) is 3.10. The Hall–Kier alpha value is -2.50. The van der Waals surface area contributed by atoms with Crippen LogP contribution in [0.3, 0.4) is 0 Å². The fraction of sp³-hybridized carbons (Fsp3) is 0.500. The van der Waals surface area contributed by atoms with Gasteiger partial charge in [0.1, 0.15) is 11.5 Å². The van der Waals surface area contributed by atoms with Crippen molar-refractivity contribution in [2.24, 2.45) is 5.41 Å². The van der Waals surface area contributed by atoms with Gasteiger partial charge in [0.25, 0.3) is 0 Å². The third kappa shape index (κ3) is 3.16. The minimum atomic E-state index is -0.733. The maximum Gasteiger partial charge on any atom is 0.313 e. The van der Waals surface area contributed by atoms with Crippen LogP contribution in [0.2, 0.25) is 0 Å². The van der Waals surface area contributed by atoms with E-state index in [0.717, 1.165) is 42.0 Å². The van der Waals surface area contributed by atoms with E-state index in [1.54, 1.807) is 6.20 Å². The number of pyridine rings is 1. The molecule has 0 saturated carbocycles. The molecule has 0 saturated heterocycles. The lowest BCUT2D eigenvalue weighted by molar-refractivity contribution is -0.153. The van der Waals surface area contributed by atoms with E-state index < -0.39 is 11.0 Å². The highest BCUT2D eigenvalue weighted by atomic mass is 16.5. The molecule has 0 unspecified atom stereocenters. The number of fused-ring (bicyclic) bond motifs is 1. The number of aromatic nitrogens is 3. The van der Waals surface area contributed by atoms with Crippen LogP contribution >= 0.6 is 0 Å². The van der Waals surface area contributed by atoms with E-state index in [4.69, 9.17) is 14.7 Å². The number of methoxy groups -OCH3 is 1. The first-order chi connectivity index (χ1) is 12.3. The molecule has 2 heterocycles. The van der Waals surface area contributed by atoms with Crippen LogP contribution < -0.4 is 5.32 Å². The van der Waals surface area contributed by atoms with Gasteiger partial charge in [-0.2, -0.15) is 0 Å². The lowest BCUT2D eigenvalue weighted by atomic mass is 9.74. The van der Waals surface area contributed by atoms with Gasteiger partial charge in [-0.15, -0.1) is 0 Å². The Morgan fingerprint density at radius 1 is 1.15 bits per heavy atom. The zero-order chi connectivity index (χ0) is 18.9. The first kappa shape index (κ1) is 18.3. The van der Waals surface area contributed by atoms with Crippen LogP contribution in [0.4, 0.5) is 5.82 Å². The molecule has 2 aromatic heterocycles. The quantitative estimate of drug-likeness (QED) is 0.829. The van der Waals surface area contributed by atoms with Crippen LogP contribution in [0, 0.1) is 5.41 Å². The van der Waals surface area contributed by atoms with E-state index in [2.05, 4.69) is 10.3 Å². The maximum absolute atomic E-state index is 12.3. The predicted octanol–water partition coefficient (Wildman–Crippen LogP) is 3.42. The highest BCUT2D eigenvalue weighted by molar-refractivity contribution is 5.78. The first-order valence-corrected chi connectivity index (χ1v) is 8.94. The highest BCUT2D eigenvalue weighted by Crippen LogP contribution is 2.37. The predicted molar refractivity (Wildman–Crippen MR) is 101 cm³/mol. The molecular weight excluding hydrogens is 328 g/mol. The number of hydrogen-bond donors (Lipinski definition) is 1. The van der Waals surface area contributed by atoms with Gasteiger partial charge in [0.2, 0.25) is 0 Å². The molecule has 0 fully saturated rings. The summed E-state index contributed by atoms with van der Waals surface area (Å²) in [7, 11) is 1.42. The number of anilines is 1. The molecule has 26 heavy (non-hydrogen) atoms. The molecule has 138 valence electrons. The van der Waals surface area contributed by atoms with Gasteiger partial charge in [0, 0.05) is 23.0 Å². The summed E-state index contributed by atoms with van der Waals surface area (Å²) in [6, 6.07) is 5.71. The van der Waals surface area contributed by atoms with Crippen molar-refractivity contribution in [3.05, 3.63) is 35.7 Å². The van der Waals surface area contributed by atoms with Crippen LogP contribution in [-0.4, -0.2) is 33.6 Å². The molecule has 1 aliphatic rings. The first-order valence-electron chi connectivity index (χ1n) is 8.94. The van der Waals surface area contributed by atoms with Crippen molar-refractivity contribution in [2.75, 3.05) is 12.4 Å². The van der Waals surface area contributed by atoms with E-state index in [0.29, 0.717) is 5.82 Å². The summed E-state index contributed by atoms with van der Waals surface area (Å²) in [6.45, 7) is 7.75. The second kappa shape index (κ2) is 6.67. The number of carbonyl (C=O) groups is 1. The molecule has 3 rings (SSSR count). The van der Waals surface area contributed by atoms with E-state index in [9.17, 15) is 4.79 Å². The van der Waals surface area contributed by atoms with Gasteiger partial charge in [-0.1, -0.05) is 6.07 Å². The molecule has 0 atom stereocenters. The molecule has 6 nitrogen and oxygen atoms in total. The van der Waals surface area contributed by atoms with Crippen molar-refractivity contribution in [3.63, 3.8) is 0 Å². The molecule has 0 aliphatic heterocycles. The minimum absolute atomic E-state index is 0.259. The molecule has 0 amide bonds. The number of rotatable bonds is 5. The monoisotopic (exact) mass is 354 g/mol. The number of esters is 1. The van der Waals surface area contributed by atoms with Crippen molar-refractivity contribution in [2.45, 2.75) is 52.5 Å². The summed E-state index contributed by atoms with van der Waals surface area (Å²) in [4.78, 5) is 26.1. The van der Waals surface area contributed by atoms with Gasteiger partial charge >= 0.3 is 5.97 Å². The van der Waals surface area contributed by atoms with Crippen molar-refractivity contribution in [3.8, 4) is 11.5 Å². The Morgan fingerprint density at radius 3 is 2.58 bits per heavy atom. The summed E-state index contributed by atoms with van der Waals surface area (Å²) >= 11 is 0. The van der Waals surface area contributed by atoms with Crippen molar-refractivity contribution >= 4 is 11.8 Å². The van der Waals surface area contributed by atoms with Crippen molar-refractivity contribution in [1.82, 2.24) is 15.0 Å². The van der Waals surface area contributed by atoms with E-state index in [1.807, 2.05) is 45.9 Å². The zero-order valence-corrected chi connectivity index (χ0v) is 16.1. The van der Waals surface area contributed by atoms with Crippen LogP contribution in [-0.2, 0) is 22.4 Å². The van der Waals surface area contributed by atoms with Gasteiger partial charge in [0.15, 0.2) is 5.82 Å². The molecule has 0 aromatic carbocycles. The molecule has 1 N–H and O–H groups in total. The molecular formula is C20H26N4O2. The SMILES string of the molecule is COC(=O)C(C)(C)C(C)(C)Nc1nc(-c2ccccn2)nc2c1CCC2. The largest absolute Gasteiger partial charge is 0.469 e. The van der Waals surface area contributed by atoms with Crippen LogP contribution in [0.1, 0.15) is 45.4 Å². The highest BCUT2D eigenvalue weighted by Gasteiger charge is 2.45. The van der Waals surface area contributed by atoms with Crippen molar-refractivity contribution < 1.29 is 9.53 Å². The lowest BCUT2D eigenvalue weighted by Crippen LogP contribution is -2.51. The van der Waals surface area contributed by atoms with E-state index >= 15 is 0 Å². The van der Waals surface area contributed by atoms with Crippen LogP contribution in [0.25, 0.3) is 11.5 Å². The lowest BCUT2D eigenvalue weighted by Gasteiger charge is -2.40. The number of aryl methyl sites for hydroxylation is 1. The van der Waals surface area contributed by atoms with E-state index in [1.165, 1.54) is 7.11 Å². The Bertz CT molecular complexity index is 816. The Labute approximate surface area is 154 Å². The van der Waals surface area contributed by atoms with Gasteiger partial charge in [-0.25, -0.2) is 9.97 Å². The fourth-order valence-electron chi connectivity index (χ4n) is 3.11. The Balaban J connectivity index is 2.02. The summed E-state index contributed by atoms with van der Waals surface area (Å²) in [5.74, 6) is 1.14. The number of nitrogens with one attached hydrogen (secondary N) is 1. The topological polar surface area (TPSA) is 77.0 Å². The fourth-order valence-corrected chi connectivity index (χ4v) is 3.11. The molecule has 0 bridgehead atoms. The summed E-state index contributed by atoms with van der Waals surface area (Å²) in [5.41, 5.74) is 1.65. The maximum atomic E-state index is 12.3. The van der Waals surface area contributed by atoms with Gasteiger partial charge in [-0.05, 0) is 59.1 Å². The van der Waals surface area contributed by atoms with Gasteiger partial charge in [0.05, 0.1) is 12.5 Å². The molecule has 1 aliphatic carbocycles. The smallest absolute Gasteiger partial charge is 0.313 e. The summed E-state index contributed by atoms with van der Waals surface area (Å²) in [6.07, 6.45) is 4.68. The van der Waals surface area contributed by atoms with Gasteiger partial charge < -0.3 is 10.1 Å². The summed E-state index contributed by atoms with van der Waals surface area (Å²) < 4.78 is 5.00. The Morgan fingerprint density at radius 2 is 1.92 bits per heavy atom. The minimum Gasteiger partial charge on any atom is -0.469 e. The number of carbonyl (C=O) groups excluding carboxylic acids is 1. The van der Waals surface area contributed by atoms with Crippen molar-refractivity contribution in [1.29, 1.82) is 0 Å². The average molecular weight is 354 g/mol.